The zero-order chi connectivity index (χ0) is 25.8. The number of halogens is 1. The van der Waals surface area contributed by atoms with Crippen LogP contribution >= 0.6 is 23.8 Å². The minimum absolute atomic E-state index is 0.0329. The number of hydrogen-bond donors (Lipinski definition) is 2. The summed E-state index contributed by atoms with van der Waals surface area (Å²) in [4.78, 5) is 41.6. The zero-order valence-corrected chi connectivity index (χ0v) is 21.4. The second-order valence-electron chi connectivity index (χ2n) is 8.69. The van der Waals surface area contributed by atoms with E-state index in [1.807, 2.05) is 4.90 Å². The Labute approximate surface area is 219 Å². The van der Waals surface area contributed by atoms with Crippen molar-refractivity contribution in [2.45, 2.75) is 19.8 Å². The number of piperazine rings is 1. The molecule has 2 heterocycles. The minimum atomic E-state index is -0.531. The molecule has 36 heavy (non-hydrogen) atoms. The lowest BCUT2D eigenvalue weighted by Crippen LogP contribution is -2.48. The maximum absolute atomic E-state index is 13.2. The predicted molar refractivity (Wildman–Crippen MR) is 144 cm³/mol. The van der Waals surface area contributed by atoms with E-state index < -0.39 is 10.8 Å². The number of non-ortho nitro benzene ring substituents is 1. The molecule has 0 aliphatic carbocycles. The van der Waals surface area contributed by atoms with Gasteiger partial charge in [0.2, 0.25) is 5.91 Å². The van der Waals surface area contributed by atoms with Gasteiger partial charge in [-0.3, -0.25) is 25.0 Å². The number of nitrogens with one attached hydrogen (secondary N) is 2. The molecule has 4 rings (SSSR count). The van der Waals surface area contributed by atoms with Crippen molar-refractivity contribution in [3.63, 3.8) is 0 Å². The van der Waals surface area contributed by atoms with Crippen LogP contribution in [0.5, 0.6) is 0 Å². The van der Waals surface area contributed by atoms with Crippen LogP contribution in [0, 0.1) is 10.1 Å². The molecule has 0 atom stereocenters. The van der Waals surface area contributed by atoms with Crippen LogP contribution in [0.4, 0.5) is 22.7 Å². The highest BCUT2D eigenvalue weighted by atomic mass is 35.5. The van der Waals surface area contributed by atoms with Gasteiger partial charge >= 0.3 is 0 Å². The van der Waals surface area contributed by atoms with Gasteiger partial charge in [-0.05, 0) is 43.3 Å². The number of nitro benzene ring substituents is 1. The Hall–Kier alpha value is -3.44. The van der Waals surface area contributed by atoms with Crippen LogP contribution in [0.2, 0.25) is 5.02 Å². The third-order valence-electron chi connectivity index (χ3n) is 6.39. The lowest BCUT2D eigenvalue weighted by Gasteiger charge is -2.37. The van der Waals surface area contributed by atoms with Gasteiger partial charge in [-0.25, -0.2) is 0 Å². The van der Waals surface area contributed by atoms with E-state index in [-0.39, 0.29) is 22.3 Å². The fourth-order valence-electron chi connectivity index (χ4n) is 4.56. The molecule has 0 bridgehead atoms. The molecule has 190 valence electrons. The highest BCUT2D eigenvalue weighted by Crippen LogP contribution is 2.35. The van der Waals surface area contributed by atoms with Gasteiger partial charge in [0, 0.05) is 58.3 Å². The molecule has 0 unspecified atom stereocenters. The predicted octanol–water partition coefficient (Wildman–Crippen LogP) is 3.64. The molecule has 2 aliphatic rings. The van der Waals surface area contributed by atoms with Crippen molar-refractivity contribution in [1.29, 1.82) is 0 Å². The topological polar surface area (TPSA) is 111 Å². The van der Waals surface area contributed by atoms with Gasteiger partial charge in [-0.2, -0.15) is 0 Å². The molecular weight excluding hydrogens is 504 g/mol. The summed E-state index contributed by atoms with van der Waals surface area (Å²) in [5.74, 6) is -0.498. The van der Waals surface area contributed by atoms with Gasteiger partial charge in [0.25, 0.3) is 11.6 Å². The largest absolute Gasteiger partial charge is 0.371 e. The number of para-hydroxylation sites is 1. The lowest BCUT2D eigenvalue weighted by atomic mass is 10.1. The SMILES string of the molecule is CC(=O)N1CCN(c2c(Cl)cccc2NC(=S)NC(=O)c2cc([N+](=O)[O-])ccc2N2CCCC2)CC1. The third kappa shape index (κ3) is 5.68. The number of anilines is 3. The van der Waals surface area contributed by atoms with Crippen LogP contribution in [0.25, 0.3) is 0 Å². The van der Waals surface area contributed by atoms with Crippen molar-refractivity contribution in [3.05, 3.63) is 57.1 Å². The van der Waals surface area contributed by atoms with Crippen LogP contribution in [0.15, 0.2) is 36.4 Å². The van der Waals surface area contributed by atoms with Gasteiger partial charge in [0.05, 0.1) is 32.6 Å². The van der Waals surface area contributed by atoms with E-state index in [1.165, 1.54) is 12.1 Å². The van der Waals surface area contributed by atoms with E-state index in [2.05, 4.69) is 15.5 Å². The van der Waals surface area contributed by atoms with Crippen LogP contribution < -0.4 is 20.4 Å². The lowest BCUT2D eigenvalue weighted by molar-refractivity contribution is -0.384. The minimum Gasteiger partial charge on any atom is -0.371 e. The van der Waals surface area contributed by atoms with E-state index in [9.17, 15) is 19.7 Å². The van der Waals surface area contributed by atoms with Gasteiger partial charge in [-0.15, -0.1) is 0 Å². The van der Waals surface area contributed by atoms with Crippen molar-refractivity contribution in [3.8, 4) is 0 Å². The fraction of sp³-hybridized carbons (Fsp3) is 0.375. The van der Waals surface area contributed by atoms with Gasteiger partial charge in [0.1, 0.15) is 0 Å². The summed E-state index contributed by atoms with van der Waals surface area (Å²) in [5.41, 5.74) is 2.02. The first kappa shape index (κ1) is 25.6. The normalized spacial score (nSPS) is 15.6. The number of nitro groups is 1. The summed E-state index contributed by atoms with van der Waals surface area (Å²) in [5, 5.41) is 17.6. The first-order chi connectivity index (χ1) is 17.2. The number of carbonyl (C=O) groups excluding carboxylic acids is 2. The third-order valence-corrected chi connectivity index (χ3v) is 6.89. The standard InChI is InChI=1S/C24H27ClN6O4S/c1-16(32)28-11-13-30(14-12-28)22-19(25)5-4-6-20(22)26-24(36)27-23(33)18-15-17(31(34)35)7-8-21(18)29-9-2-3-10-29/h4-8,15H,2-3,9-14H2,1H3,(H2,26,27,33,36). The quantitative estimate of drug-likeness (QED) is 0.342. The number of nitrogens with zero attached hydrogens (tertiary/aromatic N) is 4. The maximum atomic E-state index is 13.2. The van der Waals surface area contributed by atoms with Gasteiger partial charge in [0.15, 0.2) is 5.11 Å². The molecule has 2 saturated heterocycles. The first-order valence-electron chi connectivity index (χ1n) is 11.7. The summed E-state index contributed by atoms with van der Waals surface area (Å²) in [6.07, 6.45) is 1.99. The van der Waals surface area contributed by atoms with Crippen molar-refractivity contribution < 1.29 is 14.5 Å². The Bertz CT molecular complexity index is 1200. The Balaban J connectivity index is 1.51. The summed E-state index contributed by atoms with van der Waals surface area (Å²) in [6, 6.07) is 9.66. The average Bonchev–Trinajstić information content (AvgIpc) is 3.38. The van der Waals surface area contributed by atoms with Gasteiger partial charge in [-0.1, -0.05) is 17.7 Å². The molecule has 2 amide bonds. The second kappa shape index (κ2) is 11.1. The molecule has 10 nitrogen and oxygen atoms in total. The molecular formula is C24H27ClN6O4S. The van der Waals surface area contributed by atoms with Crippen molar-refractivity contribution in [2.24, 2.45) is 0 Å². The van der Waals surface area contributed by atoms with Crippen LogP contribution in [0.1, 0.15) is 30.1 Å². The first-order valence-corrected chi connectivity index (χ1v) is 12.5. The zero-order valence-electron chi connectivity index (χ0n) is 19.8. The molecule has 2 N–H and O–H groups in total. The summed E-state index contributed by atoms with van der Waals surface area (Å²) in [6.45, 7) is 5.47. The Morgan fingerprint density at radius 3 is 2.36 bits per heavy atom. The van der Waals surface area contributed by atoms with E-state index >= 15 is 0 Å². The monoisotopic (exact) mass is 530 g/mol. The number of amides is 2. The Morgan fingerprint density at radius 1 is 1.03 bits per heavy atom. The van der Waals surface area contributed by atoms with E-state index in [0.29, 0.717) is 42.6 Å². The summed E-state index contributed by atoms with van der Waals surface area (Å²) < 4.78 is 0. The Kier molecular flexibility index (Phi) is 7.90. The smallest absolute Gasteiger partial charge is 0.270 e. The highest BCUT2D eigenvalue weighted by Gasteiger charge is 2.25. The van der Waals surface area contributed by atoms with Crippen LogP contribution in [-0.2, 0) is 4.79 Å². The maximum Gasteiger partial charge on any atom is 0.270 e. The number of thiocarbonyl (C=S) groups is 1. The molecule has 0 saturated carbocycles. The number of hydrogen-bond acceptors (Lipinski definition) is 7. The van der Waals surface area contributed by atoms with E-state index in [4.69, 9.17) is 23.8 Å². The second-order valence-corrected chi connectivity index (χ2v) is 9.51. The fourth-order valence-corrected chi connectivity index (χ4v) is 5.06. The van der Waals surface area contributed by atoms with Crippen molar-refractivity contribution in [1.82, 2.24) is 10.2 Å². The number of carbonyl (C=O) groups is 2. The van der Waals surface area contributed by atoms with Crippen molar-refractivity contribution >= 4 is 63.5 Å². The van der Waals surface area contributed by atoms with Crippen LogP contribution in [-0.4, -0.2) is 66.0 Å². The molecule has 0 radical (unpaired) electrons. The van der Waals surface area contributed by atoms with E-state index in [1.54, 1.807) is 36.1 Å². The average molecular weight is 531 g/mol. The molecule has 0 spiro atoms. The summed E-state index contributed by atoms with van der Waals surface area (Å²) in [7, 11) is 0. The molecule has 2 fully saturated rings. The molecule has 0 aromatic heterocycles. The van der Waals surface area contributed by atoms with Crippen molar-refractivity contribution in [2.75, 3.05) is 54.4 Å². The molecule has 2 aliphatic heterocycles. The number of benzene rings is 2. The molecule has 2 aromatic rings. The highest BCUT2D eigenvalue weighted by molar-refractivity contribution is 7.80. The number of rotatable bonds is 5. The molecule has 2 aromatic carbocycles. The molecule has 12 heteroatoms. The van der Waals surface area contributed by atoms with Gasteiger partial charge < -0.3 is 20.0 Å². The van der Waals surface area contributed by atoms with E-state index in [0.717, 1.165) is 31.6 Å². The Morgan fingerprint density at radius 2 is 1.72 bits per heavy atom. The van der Waals surface area contributed by atoms with Crippen LogP contribution in [0.3, 0.4) is 0 Å². The summed E-state index contributed by atoms with van der Waals surface area (Å²) >= 11 is 12.0.